The third-order valence-corrected chi connectivity index (χ3v) is 3.55. The summed E-state index contributed by atoms with van der Waals surface area (Å²) in [5, 5.41) is 3.61. The van der Waals surface area contributed by atoms with E-state index in [9.17, 15) is 0 Å². The highest BCUT2D eigenvalue weighted by Crippen LogP contribution is 2.15. The minimum atomic E-state index is 0.846. The van der Waals surface area contributed by atoms with Crippen molar-refractivity contribution in [2.75, 3.05) is 39.5 Å². The van der Waals surface area contributed by atoms with Crippen molar-refractivity contribution >= 4 is 0 Å². The summed E-state index contributed by atoms with van der Waals surface area (Å²) in [4.78, 5) is 0. The predicted octanol–water partition coefficient (Wildman–Crippen LogP) is 1.43. The standard InChI is InChI=1S/C12H23NO2/c1-5-14-6-2-11(1)9-13-10-12-3-7-15-8-4-12/h11-13H,1-10H2. The molecule has 1 N–H and O–H groups in total. The van der Waals surface area contributed by atoms with Crippen LogP contribution in [0, 0.1) is 11.8 Å². The van der Waals surface area contributed by atoms with Crippen LogP contribution < -0.4 is 5.32 Å². The van der Waals surface area contributed by atoms with Gasteiger partial charge in [-0.05, 0) is 50.6 Å². The largest absolute Gasteiger partial charge is 0.381 e. The van der Waals surface area contributed by atoms with Crippen LogP contribution in [0.4, 0.5) is 0 Å². The first-order valence-corrected chi connectivity index (χ1v) is 6.31. The Bertz CT molecular complexity index is 145. The van der Waals surface area contributed by atoms with E-state index in [0.717, 1.165) is 38.3 Å². The molecule has 15 heavy (non-hydrogen) atoms. The maximum Gasteiger partial charge on any atom is 0.0469 e. The van der Waals surface area contributed by atoms with Gasteiger partial charge in [-0.3, -0.25) is 0 Å². The molecule has 0 aromatic carbocycles. The lowest BCUT2D eigenvalue weighted by atomic mass is 9.98. The maximum absolute atomic E-state index is 5.35. The molecule has 2 heterocycles. The highest BCUT2D eigenvalue weighted by molar-refractivity contribution is 4.70. The first-order valence-electron chi connectivity index (χ1n) is 6.31. The average molecular weight is 213 g/mol. The van der Waals surface area contributed by atoms with Crippen molar-refractivity contribution in [1.29, 1.82) is 0 Å². The minimum absolute atomic E-state index is 0.846. The second-order valence-electron chi connectivity index (χ2n) is 4.77. The number of rotatable bonds is 4. The van der Waals surface area contributed by atoms with Crippen molar-refractivity contribution in [3.63, 3.8) is 0 Å². The molecule has 3 nitrogen and oxygen atoms in total. The van der Waals surface area contributed by atoms with E-state index in [1.807, 2.05) is 0 Å². The van der Waals surface area contributed by atoms with E-state index in [2.05, 4.69) is 5.32 Å². The Morgan fingerprint density at radius 2 is 1.13 bits per heavy atom. The maximum atomic E-state index is 5.35. The second-order valence-corrected chi connectivity index (χ2v) is 4.77. The molecule has 88 valence electrons. The van der Waals surface area contributed by atoms with Crippen LogP contribution in [-0.4, -0.2) is 39.5 Å². The van der Waals surface area contributed by atoms with E-state index in [-0.39, 0.29) is 0 Å². The predicted molar refractivity (Wildman–Crippen MR) is 60.0 cm³/mol. The zero-order valence-electron chi connectivity index (χ0n) is 9.54. The van der Waals surface area contributed by atoms with Crippen molar-refractivity contribution in [1.82, 2.24) is 5.32 Å². The van der Waals surface area contributed by atoms with Gasteiger partial charge in [-0.1, -0.05) is 0 Å². The molecule has 2 aliphatic heterocycles. The summed E-state index contributed by atoms with van der Waals surface area (Å²) < 4.78 is 10.7. The molecule has 2 rings (SSSR count). The van der Waals surface area contributed by atoms with Crippen LogP contribution in [0.1, 0.15) is 25.7 Å². The summed E-state index contributed by atoms with van der Waals surface area (Å²) in [5.74, 6) is 1.69. The quantitative estimate of drug-likeness (QED) is 0.766. The molecule has 0 saturated carbocycles. The van der Waals surface area contributed by atoms with Crippen LogP contribution >= 0.6 is 0 Å². The van der Waals surface area contributed by atoms with Crippen LogP contribution in [0.3, 0.4) is 0 Å². The van der Waals surface area contributed by atoms with Crippen LogP contribution in [0.25, 0.3) is 0 Å². The summed E-state index contributed by atoms with van der Waals surface area (Å²) in [6.07, 6.45) is 4.95. The van der Waals surface area contributed by atoms with Crippen molar-refractivity contribution in [3.05, 3.63) is 0 Å². The van der Waals surface area contributed by atoms with E-state index in [4.69, 9.17) is 9.47 Å². The molecule has 2 fully saturated rings. The van der Waals surface area contributed by atoms with Gasteiger partial charge in [0, 0.05) is 26.4 Å². The molecule has 0 atom stereocenters. The van der Waals surface area contributed by atoms with Gasteiger partial charge in [0.05, 0.1) is 0 Å². The fourth-order valence-electron chi connectivity index (χ4n) is 2.39. The lowest BCUT2D eigenvalue weighted by molar-refractivity contribution is 0.0588. The Balaban J connectivity index is 1.53. The molecular formula is C12H23NO2. The molecule has 0 unspecified atom stereocenters. The Hall–Kier alpha value is -0.120. The molecular weight excluding hydrogens is 190 g/mol. The van der Waals surface area contributed by atoms with Gasteiger partial charge in [-0.2, -0.15) is 0 Å². The van der Waals surface area contributed by atoms with Gasteiger partial charge in [0.25, 0.3) is 0 Å². The highest BCUT2D eigenvalue weighted by Gasteiger charge is 2.16. The van der Waals surface area contributed by atoms with Gasteiger partial charge in [0.1, 0.15) is 0 Å². The molecule has 0 aromatic rings. The van der Waals surface area contributed by atoms with Gasteiger partial charge in [-0.25, -0.2) is 0 Å². The fraction of sp³-hybridized carbons (Fsp3) is 1.00. The minimum Gasteiger partial charge on any atom is -0.381 e. The Morgan fingerprint density at radius 1 is 0.733 bits per heavy atom. The van der Waals surface area contributed by atoms with Crippen LogP contribution in [0.5, 0.6) is 0 Å². The smallest absolute Gasteiger partial charge is 0.0469 e. The SMILES string of the molecule is C1CC(CNCC2CCOCC2)CCO1. The Morgan fingerprint density at radius 3 is 1.53 bits per heavy atom. The topological polar surface area (TPSA) is 30.5 Å². The molecule has 0 bridgehead atoms. The van der Waals surface area contributed by atoms with E-state index >= 15 is 0 Å². The van der Waals surface area contributed by atoms with E-state index < -0.39 is 0 Å². The lowest BCUT2D eigenvalue weighted by Gasteiger charge is -2.25. The van der Waals surface area contributed by atoms with Crippen molar-refractivity contribution in [3.8, 4) is 0 Å². The number of nitrogens with one attached hydrogen (secondary N) is 1. The monoisotopic (exact) mass is 213 g/mol. The van der Waals surface area contributed by atoms with Crippen LogP contribution in [-0.2, 0) is 9.47 Å². The summed E-state index contributed by atoms with van der Waals surface area (Å²) in [7, 11) is 0. The first kappa shape index (κ1) is 11.4. The molecule has 3 heteroatoms. The molecule has 2 aliphatic rings. The third kappa shape index (κ3) is 4.09. The van der Waals surface area contributed by atoms with Crippen molar-refractivity contribution in [2.24, 2.45) is 11.8 Å². The molecule has 2 saturated heterocycles. The summed E-state index contributed by atoms with van der Waals surface area (Å²) in [5.41, 5.74) is 0. The number of ether oxygens (including phenoxy) is 2. The third-order valence-electron chi connectivity index (χ3n) is 3.55. The van der Waals surface area contributed by atoms with Gasteiger partial charge >= 0.3 is 0 Å². The van der Waals surface area contributed by atoms with E-state index in [1.54, 1.807) is 0 Å². The lowest BCUT2D eigenvalue weighted by Crippen LogP contribution is -2.33. The average Bonchev–Trinajstić information content (AvgIpc) is 2.32. The zero-order valence-corrected chi connectivity index (χ0v) is 9.54. The van der Waals surface area contributed by atoms with Crippen molar-refractivity contribution in [2.45, 2.75) is 25.7 Å². The fourth-order valence-corrected chi connectivity index (χ4v) is 2.39. The van der Waals surface area contributed by atoms with Gasteiger partial charge in [0.15, 0.2) is 0 Å². The second kappa shape index (κ2) is 6.46. The summed E-state index contributed by atoms with van der Waals surface area (Å²) >= 11 is 0. The normalized spacial score (nSPS) is 25.6. The van der Waals surface area contributed by atoms with Gasteiger partial charge in [0.2, 0.25) is 0 Å². The summed E-state index contributed by atoms with van der Waals surface area (Å²) in [6.45, 7) is 6.21. The number of hydrogen-bond donors (Lipinski definition) is 1. The summed E-state index contributed by atoms with van der Waals surface area (Å²) in [6, 6.07) is 0. The molecule has 0 spiro atoms. The number of hydrogen-bond acceptors (Lipinski definition) is 3. The molecule has 0 radical (unpaired) electrons. The molecule has 0 aromatic heterocycles. The molecule has 0 amide bonds. The van der Waals surface area contributed by atoms with E-state index in [1.165, 1.54) is 38.8 Å². The first-order chi connectivity index (χ1) is 7.45. The van der Waals surface area contributed by atoms with E-state index in [0.29, 0.717) is 0 Å². The van der Waals surface area contributed by atoms with Gasteiger partial charge < -0.3 is 14.8 Å². The Labute approximate surface area is 92.5 Å². The molecule has 0 aliphatic carbocycles. The Kier molecular flexibility index (Phi) is 4.90. The van der Waals surface area contributed by atoms with Gasteiger partial charge in [-0.15, -0.1) is 0 Å². The van der Waals surface area contributed by atoms with Crippen molar-refractivity contribution < 1.29 is 9.47 Å². The zero-order chi connectivity index (χ0) is 10.3. The van der Waals surface area contributed by atoms with Crippen LogP contribution in [0.15, 0.2) is 0 Å². The van der Waals surface area contributed by atoms with Crippen LogP contribution in [0.2, 0.25) is 0 Å². The highest BCUT2D eigenvalue weighted by atomic mass is 16.5.